The summed E-state index contributed by atoms with van der Waals surface area (Å²) in [5, 5.41) is 9.98. The molecule has 20 heavy (non-hydrogen) atoms. The standard InChI is InChI=1S/C13H16ClF3N2O/c14-10-5-8(4-9(11(10)18)13(15,16)17)12(19,20)6-7-2-1-3-7/h4-5,7,20H,1-3,6,18-19H2. The molecule has 2 rings (SSSR count). The van der Waals surface area contributed by atoms with Gasteiger partial charge in [0.1, 0.15) is 5.72 Å². The molecule has 1 saturated carbocycles. The quantitative estimate of drug-likeness (QED) is 0.593. The molecule has 112 valence electrons. The summed E-state index contributed by atoms with van der Waals surface area (Å²) in [6.45, 7) is 0. The second-order valence-corrected chi connectivity index (χ2v) is 5.75. The largest absolute Gasteiger partial charge is 0.418 e. The fraction of sp³-hybridized carbons (Fsp3) is 0.538. The maximum atomic E-state index is 12.9. The summed E-state index contributed by atoms with van der Waals surface area (Å²) in [4.78, 5) is 0. The van der Waals surface area contributed by atoms with Crippen LogP contribution in [-0.4, -0.2) is 5.11 Å². The summed E-state index contributed by atoms with van der Waals surface area (Å²) < 4.78 is 38.6. The molecule has 3 nitrogen and oxygen atoms in total. The molecule has 1 aliphatic carbocycles. The van der Waals surface area contributed by atoms with Gasteiger partial charge in [-0.3, -0.25) is 5.73 Å². The second-order valence-electron chi connectivity index (χ2n) is 5.34. The lowest BCUT2D eigenvalue weighted by Gasteiger charge is -2.34. The number of nitrogen functional groups attached to an aromatic ring is 1. The third kappa shape index (κ3) is 3.02. The number of anilines is 1. The molecule has 0 saturated heterocycles. The Balaban J connectivity index is 2.38. The van der Waals surface area contributed by atoms with Gasteiger partial charge in [0.15, 0.2) is 0 Å². The van der Waals surface area contributed by atoms with Gasteiger partial charge in [0.25, 0.3) is 0 Å². The molecule has 0 amide bonds. The molecule has 0 radical (unpaired) electrons. The van der Waals surface area contributed by atoms with Crippen LogP contribution in [0.1, 0.15) is 36.8 Å². The SMILES string of the molecule is Nc1c(Cl)cc(C(N)(O)CC2CCC2)cc1C(F)(F)F. The van der Waals surface area contributed by atoms with Crippen LogP contribution in [0.5, 0.6) is 0 Å². The Kier molecular flexibility index (Phi) is 3.92. The van der Waals surface area contributed by atoms with Crippen molar-refractivity contribution in [2.75, 3.05) is 5.73 Å². The van der Waals surface area contributed by atoms with Crippen LogP contribution in [0.3, 0.4) is 0 Å². The van der Waals surface area contributed by atoms with Crippen LogP contribution in [0.4, 0.5) is 18.9 Å². The van der Waals surface area contributed by atoms with Crippen LogP contribution in [0, 0.1) is 5.92 Å². The van der Waals surface area contributed by atoms with Crippen LogP contribution in [0.2, 0.25) is 5.02 Å². The lowest BCUT2D eigenvalue weighted by molar-refractivity contribution is -0.137. The molecule has 0 heterocycles. The van der Waals surface area contributed by atoms with Gasteiger partial charge in [-0.15, -0.1) is 0 Å². The van der Waals surface area contributed by atoms with E-state index in [1.54, 1.807) is 0 Å². The van der Waals surface area contributed by atoms with Crippen molar-refractivity contribution < 1.29 is 18.3 Å². The van der Waals surface area contributed by atoms with E-state index in [0.29, 0.717) is 0 Å². The number of nitrogens with two attached hydrogens (primary N) is 2. The van der Waals surface area contributed by atoms with E-state index in [1.165, 1.54) is 6.07 Å². The predicted molar refractivity (Wildman–Crippen MR) is 70.9 cm³/mol. The monoisotopic (exact) mass is 308 g/mol. The Hall–Kier alpha value is -0.980. The van der Waals surface area contributed by atoms with E-state index in [2.05, 4.69) is 0 Å². The number of benzene rings is 1. The highest BCUT2D eigenvalue weighted by Gasteiger charge is 2.37. The molecular formula is C13H16ClF3N2O. The van der Waals surface area contributed by atoms with Gasteiger partial charge in [0, 0.05) is 5.56 Å². The molecule has 1 fully saturated rings. The van der Waals surface area contributed by atoms with E-state index in [9.17, 15) is 18.3 Å². The topological polar surface area (TPSA) is 72.3 Å². The first-order chi connectivity index (χ1) is 9.11. The minimum atomic E-state index is -4.64. The number of hydrogen-bond acceptors (Lipinski definition) is 3. The minimum absolute atomic E-state index is 0.0593. The molecule has 0 aliphatic heterocycles. The molecule has 0 spiro atoms. The molecular weight excluding hydrogens is 293 g/mol. The maximum Gasteiger partial charge on any atom is 0.418 e. The lowest BCUT2D eigenvalue weighted by atomic mass is 9.78. The highest BCUT2D eigenvalue weighted by molar-refractivity contribution is 6.33. The Morgan fingerprint density at radius 3 is 2.35 bits per heavy atom. The summed E-state index contributed by atoms with van der Waals surface area (Å²) in [5.41, 5.74) is 7.60. The molecule has 0 bridgehead atoms. The smallest absolute Gasteiger partial charge is 0.397 e. The number of halogens is 4. The molecule has 1 atom stereocenters. The van der Waals surface area contributed by atoms with E-state index in [0.717, 1.165) is 25.3 Å². The van der Waals surface area contributed by atoms with E-state index in [-0.39, 0.29) is 22.9 Å². The molecule has 7 heteroatoms. The first-order valence-corrected chi connectivity index (χ1v) is 6.67. The van der Waals surface area contributed by atoms with Crippen LogP contribution in [0.25, 0.3) is 0 Å². The maximum absolute atomic E-state index is 12.9. The van der Waals surface area contributed by atoms with Crippen molar-refractivity contribution in [1.29, 1.82) is 0 Å². The van der Waals surface area contributed by atoms with Gasteiger partial charge >= 0.3 is 6.18 Å². The van der Waals surface area contributed by atoms with Gasteiger partial charge in [0.05, 0.1) is 16.3 Å². The van der Waals surface area contributed by atoms with E-state index in [1.807, 2.05) is 0 Å². The first-order valence-electron chi connectivity index (χ1n) is 6.29. The zero-order valence-electron chi connectivity index (χ0n) is 10.7. The fourth-order valence-electron chi connectivity index (χ4n) is 2.36. The molecule has 1 aromatic rings. The molecule has 1 unspecified atom stereocenters. The summed E-state index contributed by atoms with van der Waals surface area (Å²) in [5.74, 6) is 0.232. The molecule has 5 N–H and O–H groups in total. The molecule has 1 aliphatic rings. The van der Waals surface area contributed by atoms with Crippen molar-refractivity contribution in [2.45, 2.75) is 37.6 Å². The Bertz CT molecular complexity index is 513. The van der Waals surface area contributed by atoms with Gasteiger partial charge < -0.3 is 10.8 Å². The van der Waals surface area contributed by atoms with Crippen molar-refractivity contribution in [3.05, 3.63) is 28.3 Å². The van der Waals surface area contributed by atoms with Gasteiger partial charge in [0.2, 0.25) is 0 Å². The normalized spacial score (nSPS) is 19.5. The molecule has 0 aromatic heterocycles. The van der Waals surface area contributed by atoms with Crippen molar-refractivity contribution in [3.8, 4) is 0 Å². The van der Waals surface area contributed by atoms with Gasteiger partial charge in [-0.25, -0.2) is 0 Å². The van der Waals surface area contributed by atoms with Crippen molar-refractivity contribution in [3.63, 3.8) is 0 Å². The Morgan fingerprint density at radius 2 is 1.90 bits per heavy atom. The van der Waals surface area contributed by atoms with E-state index >= 15 is 0 Å². The van der Waals surface area contributed by atoms with Crippen LogP contribution >= 0.6 is 11.6 Å². The average molecular weight is 309 g/mol. The third-order valence-corrected chi connectivity index (χ3v) is 4.07. The fourth-order valence-corrected chi connectivity index (χ4v) is 2.58. The van der Waals surface area contributed by atoms with Crippen molar-refractivity contribution >= 4 is 17.3 Å². The predicted octanol–water partition coefficient (Wildman–Crippen LogP) is 3.24. The molecule has 1 aromatic carbocycles. The Morgan fingerprint density at radius 1 is 1.30 bits per heavy atom. The van der Waals surface area contributed by atoms with Crippen LogP contribution < -0.4 is 11.5 Å². The van der Waals surface area contributed by atoms with Crippen molar-refractivity contribution in [2.24, 2.45) is 11.7 Å². The highest BCUT2D eigenvalue weighted by atomic mass is 35.5. The summed E-state index contributed by atoms with van der Waals surface area (Å²) in [7, 11) is 0. The highest BCUT2D eigenvalue weighted by Crippen LogP contribution is 2.41. The number of alkyl halides is 3. The second kappa shape index (κ2) is 5.09. The number of hydrogen-bond donors (Lipinski definition) is 3. The lowest BCUT2D eigenvalue weighted by Crippen LogP contribution is -2.40. The van der Waals surface area contributed by atoms with Crippen molar-refractivity contribution in [1.82, 2.24) is 0 Å². The summed E-state index contributed by atoms with van der Waals surface area (Å²) in [6, 6.07) is 1.98. The number of aliphatic hydroxyl groups is 1. The van der Waals surface area contributed by atoms with Crippen LogP contribution in [-0.2, 0) is 11.9 Å². The third-order valence-electron chi connectivity index (χ3n) is 3.76. The first kappa shape index (κ1) is 15.4. The average Bonchev–Trinajstić information content (AvgIpc) is 2.25. The van der Waals surface area contributed by atoms with E-state index < -0.39 is 23.2 Å². The summed E-state index contributed by atoms with van der Waals surface area (Å²) >= 11 is 5.72. The van der Waals surface area contributed by atoms with E-state index in [4.69, 9.17) is 23.1 Å². The summed E-state index contributed by atoms with van der Waals surface area (Å²) in [6.07, 6.45) is -1.53. The minimum Gasteiger partial charge on any atom is -0.397 e. The zero-order valence-corrected chi connectivity index (χ0v) is 11.4. The Labute approximate surface area is 119 Å². The van der Waals surface area contributed by atoms with Gasteiger partial charge in [-0.05, 0) is 24.5 Å². The van der Waals surface area contributed by atoms with Gasteiger partial charge in [-0.2, -0.15) is 13.2 Å². The zero-order chi connectivity index (χ0) is 15.1. The van der Waals surface area contributed by atoms with Gasteiger partial charge in [-0.1, -0.05) is 30.9 Å². The van der Waals surface area contributed by atoms with Crippen LogP contribution in [0.15, 0.2) is 12.1 Å². The number of rotatable bonds is 3.